The van der Waals surface area contributed by atoms with Gasteiger partial charge in [-0.2, -0.15) is 0 Å². The summed E-state index contributed by atoms with van der Waals surface area (Å²) in [5.41, 5.74) is 5.17. The van der Waals surface area contributed by atoms with Crippen LogP contribution in [-0.4, -0.2) is 11.1 Å². The molecule has 0 aliphatic carbocycles. The van der Waals surface area contributed by atoms with Crippen LogP contribution in [0.1, 0.15) is 43.0 Å². The average molecular weight is 348 g/mol. The minimum absolute atomic E-state index is 0.00975. The van der Waals surface area contributed by atoms with Crippen LogP contribution >= 0.6 is 0 Å². The third kappa shape index (κ3) is 4.39. The number of carbonyl (C=O) groups excluding carboxylic acids is 1. The fourth-order valence-corrected chi connectivity index (χ4v) is 2.96. The molecule has 0 fully saturated rings. The Bertz CT molecular complexity index is 838. The predicted octanol–water partition coefficient (Wildman–Crippen LogP) is 4.71. The first kappa shape index (κ1) is 17.9. The van der Waals surface area contributed by atoms with Crippen LogP contribution in [0.2, 0.25) is 0 Å². The Hall–Kier alpha value is -2.88. The molecule has 0 aliphatic rings. The number of carbonyl (C=O) groups is 1. The van der Waals surface area contributed by atoms with Crippen molar-refractivity contribution in [3.8, 4) is 11.3 Å². The minimum Gasteiger partial charge on any atom is -0.364 e. The first-order valence-corrected chi connectivity index (χ1v) is 9.04. The van der Waals surface area contributed by atoms with Crippen molar-refractivity contribution in [3.63, 3.8) is 0 Å². The van der Waals surface area contributed by atoms with Gasteiger partial charge >= 0.3 is 0 Å². The first-order valence-electron chi connectivity index (χ1n) is 9.04. The van der Waals surface area contributed by atoms with Gasteiger partial charge in [0.05, 0.1) is 6.04 Å². The molecule has 0 saturated heterocycles. The van der Waals surface area contributed by atoms with Gasteiger partial charge in [0.25, 0.3) is 0 Å². The molecule has 1 N–H and O–H groups in total. The summed E-state index contributed by atoms with van der Waals surface area (Å²) in [4.78, 5) is 12.3. The van der Waals surface area contributed by atoms with Crippen molar-refractivity contribution in [3.05, 3.63) is 77.6 Å². The Labute approximate surface area is 154 Å². The molecule has 134 valence electrons. The van der Waals surface area contributed by atoms with Gasteiger partial charge < -0.3 is 9.84 Å². The second-order valence-corrected chi connectivity index (χ2v) is 6.44. The summed E-state index contributed by atoms with van der Waals surface area (Å²) in [6, 6.07) is 18.2. The van der Waals surface area contributed by atoms with Crippen LogP contribution in [0.25, 0.3) is 11.3 Å². The Morgan fingerprint density at radius 1 is 1.12 bits per heavy atom. The first-order chi connectivity index (χ1) is 12.7. The largest absolute Gasteiger partial charge is 0.364 e. The summed E-state index contributed by atoms with van der Waals surface area (Å²) in [6.07, 6.45) is 3.64. The van der Waals surface area contributed by atoms with Gasteiger partial charge in [0, 0.05) is 17.5 Å². The number of benzene rings is 2. The number of rotatable bonds is 7. The van der Waals surface area contributed by atoms with E-state index >= 15 is 0 Å². The summed E-state index contributed by atoms with van der Waals surface area (Å²) in [7, 11) is 0. The molecule has 1 unspecified atom stereocenters. The number of hydrogen-bond acceptors (Lipinski definition) is 3. The van der Waals surface area contributed by atoms with Crippen molar-refractivity contribution in [2.75, 3.05) is 0 Å². The van der Waals surface area contributed by atoms with Gasteiger partial charge in [-0.3, -0.25) is 4.79 Å². The van der Waals surface area contributed by atoms with E-state index < -0.39 is 0 Å². The lowest BCUT2D eigenvalue weighted by molar-refractivity contribution is -0.121. The number of nitrogens with zero attached hydrogens (tertiary/aromatic N) is 1. The maximum Gasteiger partial charge on any atom is 0.220 e. The Morgan fingerprint density at radius 3 is 2.54 bits per heavy atom. The number of hydrogen-bond donors (Lipinski definition) is 1. The van der Waals surface area contributed by atoms with E-state index in [0.717, 1.165) is 28.8 Å². The van der Waals surface area contributed by atoms with E-state index in [-0.39, 0.29) is 11.9 Å². The van der Waals surface area contributed by atoms with Gasteiger partial charge in [0.1, 0.15) is 12.0 Å². The van der Waals surface area contributed by atoms with Crippen LogP contribution in [0.15, 0.2) is 65.4 Å². The zero-order chi connectivity index (χ0) is 18.4. The van der Waals surface area contributed by atoms with E-state index in [1.807, 2.05) is 37.3 Å². The summed E-state index contributed by atoms with van der Waals surface area (Å²) < 4.78 is 5.12. The number of nitrogens with one attached hydrogen (secondary N) is 1. The highest BCUT2D eigenvalue weighted by atomic mass is 16.5. The van der Waals surface area contributed by atoms with E-state index in [4.69, 9.17) is 4.52 Å². The standard InChI is InChI=1S/C22H24N2O2/c1-3-17-9-11-18(12-10-17)16(2)23-21(25)14-13-20-15-26-24-22(20)19-7-5-4-6-8-19/h4-12,15-16H,3,13-14H2,1-2H3,(H,23,25). The summed E-state index contributed by atoms with van der Waals surface area (Å²) in [5, 5.41) is 7.15. The van der Waals surface area contributed by atoms with Crippen molar-refractivity contribution < 1.29 is 9.32 Å². The molecule has 0 radical (unpaired) electrons. The fourth-order valence-electron chi connectivity index (χ4n) is 2.96. The lowest BCUT2D eigenvalue weighted by Gasteiger charge is -2.14. The maximum absolute atomic E-state index is 12.3. The van der Waals surface area contributed by atoms with Gasteiger partial charge in [-0.15, -0.1) is 0 Å². The molecule has 3 aromatic rings. The number of aromatic nitrogens is 1. The molecule has 2 aromatic carbocycles. The molecule has 3 rings (SSSR count). The highest BCUT2D eigenvalue weighted by molar-refractivity contribution is 5.77. The van der Waals surface area contributed by atoms with Crippen molar-refractivity contribution in [2.45, 2.75) is 39.2 Å². The normalized spacial score (nSPS) is 11.9. The Balaban J connectivity index is 1.57. The van der Waals surface area contributed by atoms with Crippen LogP contribution in [0.3, 0.4) is 0 Å². The highest BCUT2D eigenvalue weighted by Crippen LogP contribution is 2.23. The molecular weight excluding hydrogens is 324 g/mol. The van der Waals surface area contributed by atoms with Gasteiger partial charge in [-0.25, -0.2) is 0 Å². The summed E-state index contributed by atoms with van der Waals surface area (Å²) in [6.45, 7) is 4.14. The number of aryl methyl sites for hydroxylation is 2. The van der Waals surface area contributed by atoms with Crippen LogP contribution in [0.4, 0.5) is 0 Å². The summed E-state index contributed by atoms with van der Waals surface area (Å²) >= 11 is 0. The quantitative estimate of drug-likeness (QED) is 0.672. The average Bonchev–Trinajstić information content (AvgIpc) is 3.16. The predicted molar refractivity (Wildman–Crippen MR) is 103 cm³/mol. The van der Waals surface area contributed by atoms with Gasteiger partial charge in [0.2, 0.25) is 5.91 Å². The van der Waals surface area contributed by atoms with E-state index in [1.54, 1.807) is 6.26 Å². The van der Waals surface area contributed by atoms with Crippen molar-refractivity contribution >= 4 is 5.91 Å². The smallest absolute Gasteiger partial charge is 0.220 e. The third-order valence-corrected chi connectivity index (χ3v) is 4.58. The molecule has 0 saturated carbocycles. The van der Waals surface area contributed by atoms with Crippen LogP contribution in [-0.2, 0) is 17.6 Å². The van der Waals surface area contributed by atoms with Crippen LogP contribution in [0, 0.1) is 0 Å². The van der Waals surface area contributed by atoms with E-state index in [0.29, 0.717) is 12.8 Å². The Kier molecular flexibility index (Phi) is 5.84. The minimum atomic E-state index is -0.00975. The molecule has 1 amide bonds. The summed E-state index contributed by atoms with van der Waals surface area (Å²) in [5.74, 6) is 0.0253. The van der Waals surface area contributed by atoms with Gasteiger partial charge in [-0.05, 0) is 30.9 Å². The van der Waals surface area contributed by atoms with Gasteiger partial charge in [-0.1, -0.05) is 66.7 Å². The molecular formula is C22H24N2O2. The molecule has 0 spiro atoms. The van der Waals surface area contributed by atoms with Crippen LogP contribution in [0.5, 0.6) is 0 Å². The van der Waals surface area contributed by atoms with Gasteiger partial charge in [0.15, 0.2) is 0 Å². The van der Waals surface area contributed by atoms with E-state index in [1.165, 1.54) is 5.56 Å². The Morgan fingerprint density at radius 2 is 1.85 bits per heavy atom. The molecule has 1 heterocycles. The lowest BCUT2D eigenvalue weighted by atomic mass is 10.0. The third-order valence-electron chi connectivity index (χ3n) is 4.58. The number of amides is 1. The second-order valence-electron chi connectivity index (χ2n) is 6.44. The van der Waals surface area contributed by atoms with E-state index in [9.17, 15) is 4.79 Å². The van der Waals surface area contributed by atoms with Crippen LogP contribution < -0.4 is 5.32 Å². The maximum atomic E-state index is 12.3. The van der Waals surface area contributed by atoms with Crippen molar-refractivity contribution in [1.29, 1.82) is 0 Å². The molecule has 4 heteroatoms. The highest BCUT2D eigenvalue weighted by Gasteiger charge is 2.14. The monoisotopic (exact) mass is 348 g/mol. The molecule has 1 aromatic heterocycles. The fraction of sp³-hybridized carbons (Fsp3) is 0.273. The SMILES string of the molecule is CCc1ccc(C(C)NC(=O)CCc2conc2-c2ccccc2)cc1. The lowest BCUT2D eigenvalue weighted by Crippen LogP contribution is -2.26. The van der Waals surface area contributed by atoms with Crippen molar-refractivity contribution in [1.82, 2.24) is 10.5 Å². The zero-order valence-electron chi connectivity index (χ0n) is 15.2. The molecule has 4 nitrogen and oxygen atoms in total. The zero-order valence-corrected chi connectivity index (χ0v) is 15.2. The molecule has 26 heavy (non-hydrogen) atoms. The molecule has 0 aliphatic heterocycles. The second kappa shape index (κ2) is 8.48. The van der Waals surface area contributed by atoms with E-state index in [2.05, 4.69) is 41.7 Å². The molecule has 0 bridgehead atoms. The topological polar surface area (TPSA) is 55.1 Å². The van der Waals surface area contributed by atoms with Crippen molar-refractivity contribution in [2.24, 2.45) is 0 Å². The molecule has 1 atom stereocenters.